The van der Waals surface area contributed by atoms with Gasteiger partial charge < -0.3 is 5.32 Å². The van der Waals surface area contributed by atoms with Gasteiger partial charge in [-0.1, -0.05) is 23.7 Å². The number of hydrogen-bond acceptors (Lipinski definition) is 5. The molecule has 0 fully saturated rings. The van der Waals surface area contributed by atoms with Crippen molar-refractivity contribution in [3.05, 3.63) is 68.7 Å². The fourth-order valence-corrected chi connectivity index (χ4v) is 3.05. The van der Waals surface area contributed by atoms with Crippen molar-refractivity contribution >= 4 is 40.7 Å². The van der Waals surface area contributed by atoms with Crippen LogP contribution in [0.15, 0.2) is 42.5 Å². The topological polar surface area (TPSA) is 110 Å². The number of amides is 3. The molecule has 1 heterocycles. The number of nitro groups is 1. The summed E-state index contributed by atoms with van der Waals surface area (Å²) in [5, 5.41) is 13.2. The Bertz CT molecular complexity index is 925. The standard InChI is InChI=1S/C18H14ClN3O5/c19-14-10-11(7-8-15(14)22(26)27)20-16(23)6-3-9-21-17(24)12-4-1-2-5-13(12)18(21)25/h1-2,4-5,7-8,10H,3,6,9H2,(H,20,23). The first-order valence-electron chi connectivity index (χ1n) is 8.07. The summed E-state index contributed by atoms with van der Waals surface area (Å²) in [5.74, 6) is -1.08. The second-order valence-corrected chi connectivity index (χ2v) is 6.29. The van der Waals surface area contributed by atoms with Crippen LogP contribution in [-0.4, -0.2) is 34.1 Å². The van der Waals surface area contributed by atoms with E-state index in [1.165, 1.54) is 18.2 Å². The number of anilines is 1. The number of imide groups is 1. The lowest BCUT2D eigenvalue weighted by molar-refractivity contribution is -0.384. The molecular weight excluding hydrogens is 374 g/mol. The predicted octanol–water partition coefficient (Wildman–Crippen LogP) is 3.26. The van der Waals surface area contributed by atoms with E-state index in [4.69, 9.17) is 11.6 Å². The fraction of sp³-hybridized carbons (Fsp3) is 0.167. The van der Waals surface area contributed by atoms with Crippen molar-refractivity contribution in [2.45, 2.75) is 12.8 Å². The van der Waals surface area contributed by atoms with Gasteiger partial charge in [0.2, 0.25) is 5.91 Å². The maximum absolute atomic E-state index is 12.2. The number of carbonyl (C=O) groups is 3. The summed E-state index contributed by atoms with van der Waals surface area (Å²) >= 11 is 5.80. The van der Waals surface area contributed by atoms with E-state index in [9.17, 15) is 24.5 Å². The Labute approximate surface area is 158 Å². The van der Waals surface area contributed by atoms with Crippen LogP contribution < -0.4 is 5.32 Å². The van der Waals surface area contributed by atoms with E-state index in [1.54, 1.807) is 24.3 Å². The third-order valence-electron chi connectivity index (χ3n) is 4.09. The van der Waals surface area contributed by atoms with E-state index >= 15 is 0 Å². The molecule has 9 heteroatoms. The largest absolute Gasteiger partial charge is 0.326 e. The molecule has 2 aromatic carbocycles. The molecule has 1 N–H and O–H groups in total. The first-order chi connectivity index (χ1) is 12.9. The van der Waals surface area contributed by atoms with Crippen molar-refractivity contribution in [3.8, 4) is 0 Å². The molecule has 0 unspecified atom stereocenters. The highest BCUT2D eigenvalue weighted by molar-refractivity contribution is 6.33. The normalized spacial score (nSPS) is 12.9. The van der Waals surface area contributed by atoms with Crippen LogP contribution in [0.2, 0.25) is 5.02 Å². The second-order valence-electron chi connectivity index (χ2n) is 5.88. The zero-order valence-corrected chi connectivity index (χ0v) is 14.7. The number of nitro benzene ring substituents is 1. The van der Waals surface area contributed by atoms with Crippen molar-refractivity contribution in [2.75, 3.05) is 11.9 Å². The number of halogens is 1. The summed E-state index contributed by atoms with van der Waals surface area (Å²) in [4.78, 5) is 47.7. The molecule has 0 atom stereocenters. The molecule has 0 saturated heterocycles. The van der Waals surface area contributed by atoms with Crippen LogP contribution in [0.3, 0.4) is 0 Å². The summed E-state index contributed by atoms with van der Waals surface area (Å²) in [6.45, 7) is 0.126. The van der Waals surface area contributed by atoms with E-state index in [2.05, 4.69) is 5.32 Å². The van der Waals surface area contributed by atoms with Crippen LogP contribution in [0.5, 0.6) is 0 Å². The van der Waals surface area contributed by atoms with E-state index in [0.29, 0.717) is 16.8 Å². The number of fused-ring (bicyclic) bond motifs is 1. The van der Waals surface area contributed by atoms with Gasteiger partial charge >= 0.3 is 0 Å². The molecule has 27 heavy (non-hydrogen) atoms. The number of nitrogens with zero attached hydrogens (tertiary/aromatic N) is 2. The molecule has 1 aliphatic heterocycles. The van der Waals surface area contributed by atoms with Gasteiger partial charge in [0.05, 0.1) is 16.1 Å². The van der Waals surface area contributed by atoms with Gasteiger partial charge in [-0.15, -0.1) is 0 Å². The van der Waals surface area contributed by atoms with Gasteiger partial charge in [0.25, 0.3) is 17.5 Å². The Hall–Kier alpha value is -3.26. The summed E-state index contributed by atoms with van der Waals surface area (Å²) in [6.07, 6.45) is 0.361. The lowest BCUT2D eigenvalue weighted by atomic mass is 10.1. The van der Waals surface area contributed by atoms with Gasteiger partial charge in [-0.3, -0.25) is 29.4 Å². The molecule has 2 aromatic rings. The molecule has 0 aromatic heterocycles. The minimum atomic E-state index is -0.615. The van der Waals surface area contributed by atoms with E-state index in [-0.39, 0.29) is 47.8 Å². The Morgan fingerprint density at radius 2 is 1.74 bits per heavy atom. The van der Waals surface area contributed by atoms with Crippen LogP contribution in [0.1, 0.15) is 33.6 Å². The highest BCUT2D eigenvalue weighted by Gasteiger charge is 2.34. The predicted molar refractivity (Wildman–Crippen MR) is 97.8 cm³/mol. The summed E-state index contributed by atoms with van der Waals surface area (Å²) in [6, 6.07) is 10.5. The molecule has 0 bridgehead atoms. The molecular formula is C18H14ClN3O5. The molecule has 8 nitrogen and oxygen atoms in total. The lowest BCUT2D eigenvalue weighted by Crippen LogP contribution is -2.31. The van der Waals surface area contributed by atoms with Gasteiger partial charge in [-0.05, 0) is 30.7 Å². The molecule has 0 spiro atoms. The molecule has 3 rings (SSSR count). The second kappa shape index (κ2) is 7.55. The van der Waals surface area contributed by atoms with Crippen LogP contribution in [0.4, 0.5) is 11.4 Å². The van der Waals surface area contributed by atoms with E-state index in [1.807, 2.05) is 0 Å². The molecule has 0 saturated carbocycles. The first kappa shape index (κ1) is 18.5. The highest BCUT2D eigenvalue weighted by atomic mass is 35.5. The van der Waals surface area contributed by atoms with E-state index in [0.717, 1.165) is 4.90 Å². The average molecular weight is 388 g/mol. The number of carbonyl (C=O) groups excluding carboxylic acids is 3. The Morgan fingerprint density at radius 1 is 1.11 bits per heavy atom. The molecule has 1 aliphatic rings. The van der Waals surface area contributed by atoms with Crippen molar-refractivity contribution in [2.24, 2.45) is 0 Å². The van der Waals surface area contributed by atoms with Crippen molar-refractivity contribution in [1.29, 1.82) is 0 Å². The summed E-state index contributed by atoms with van der Waals surface area (Å²) in [5.41, 5.74) is 0.816. The van der Waals surface area contributed by atoms with Crippen molar-refractivity contribution < 1.29 is 19.3 Å². The fourth-order valence-electron chi connectivity index (χ4n) is 2.80. The quantitative estimate of drug-likeness (QED) is 0.464. The van der Waals surface area contributed by atoms with Crippen LogP contribution in [-0.2, 0) is 4.79 Å². The Balaban J connectivity index is 1.53. The first-order valence-corrected chi connectivity index (χ1v) is 8.45. The third kappa shape index (κ3) is 3.80. The molecule has 0 radical (unpaired) electrons. The van der Waals surface area contributed by atoms with Crippen molar-refractivity contribution in [3.63, 3.8) is 0 Å². The zero-order chi connectivity index (χ0) is 19.6. The Kier molecular flexibility index (Phi) is 5.18. The highest BCUT2D eigenvalue weighted by Crippen LogP contribution is 2.27. The summed E-state index contributed by atoms with van der Waals surface area (Å²) < 4.78 is 0. The average Bonchev–Trinajstić information content (AvgIpc) is 2.87. The van der Waals surface area contributed by atoms with Gasteiger partial charge in [-0.25, -0.2) is 0 Å². The van der Waals surface area contributed by atoms with Gasteiger partial charge in [-0.2, -0.15) is 0 Å². The molecule has 0 aliphatic carbocycles. The minimum Gasteiger partial charge on any atom is -0.326 e. The number of benzene rings is 2. The smallest absolute Gasteiger partial charge is 0.288 e. The van der Waals surface area contributed by atoms with Gasteiger partial charge in [0.1, 0.15) is 5.02 Å². The van der Waals surface area contributed by atoms with E-state index < -0.39 is 4.92 Å². The van der Waals surface area contributed by atoms with Gasteiger partial charge in [0, 0.05) is 24.7 Å². The van der Waals surface area contributed by atoms with Crippen LogP contribution >= 0.6 is 11.6 Å². The van der Waals surface area contributed by atoms with Gasteiger partial charge in [0.15, 0.2) is 0 Å². The number of hydrogen-bond donors (Lipinski definition) is 1. The number of rotatable bonds is 6. The SMILES string of the molecule is O=C(CCCN1C(=O)c2ccccc2C1=O)Nc1ccc([N+](=O)[O-])c(Cl)c1. The monoisotopic (exact) mass is 387 g/mol. The third-order valence-corrected chi connectivity index (χ3v) is 4.39. The maximum Gasteiger partial charge on any atom is 0.288 e. The number of nitrogens with one attached hydrogen (secondary N) is 1. The zero-order valence-electron chi connectivity index (χ0n) is 14.0. The Morgan fingerprint density at radius 3 is 2.30 bits per heavy atom. The maximum atomic E-state index is 12.2. The van der Waals surface area contributed by atoms with Crippen molar-refractivity contribution in [1.82, 2.24) is 4.90 Å². The lowest BCUT2D eigenvalue weighted by Gasteiger charge is -2.13. The van der Waals surface area contributed by atoms with Crippen LogP contribution in [0, 0.1) is 10.1 Å². The molecule has 138 valence electrons. The minimum absolute atomic E-state index is 0.0714. The van der Waals surface area contributed by atoms with Crippen LogP contribution in [0.25, 0.3) is 0 Å². The summed E-state index contributed by atoms with van der Waals surface area (Å²) in [7, 11) is 0. The molecule has 3 amide bonds.